The Morgan fingerprint density at radius 2 is 2.00 bits per heavy atom. The Balaban J connectivity index is 2.29. The summed E-state index contributed by atoms with van der Waals surface area (Å²) in [5, 5.41) is 0. The molecular weight excluding hydrogens is 200 g/mol. The second-order valence-electron chi connectivity index (χ2n) is 3.27. The van der Waals surface area contributed by atoms with Gasteiger partial charge in [0.05, 0.1) is 6.42 Å². The van der Waals surface area contributed by atoms with E-state index in [1.807, 2.05) is 55.5 Å². The molecule has 0 saturated heterocycles. The summed E-state index contributed by atoms with van der Waals surface area (Å²) in [6.45, 7) is 2.25. The summed E-state index contributed by atoms with van der Waals surface area (Å²) < 4.78 is 4.94. The van der Waals surface area contributed by atoms with E-state index < -0.39 is 0 Å². The second kappa shape index (κ2) is 7.46. The zero-order chi connectivity index (χ0) is 11.6. The smallest absolute Gasteiger partial charge is 0.309 e. The monoisotopic (exact) mass is 216 g/mol. The van der Waals surface area contributed by atoms with Gasteiger partial charge in [0.1, 0.15) is 6.61 Å². The summed E-state index contributed by atoms with van der Waals surface area (Å²) in [4.78, 5) is 11.2. The number of hydrogen-bond acceptors (Lipinski definition) is 2. The molecule has 1 aromatic rings. The lowest BCUT2D eigenvalue weighted by Crippen LogP contribution is -2.02. The van der Waals surface area contributed by atoms with Gasteiger partial charge in [-0.2, -0.15) is 0 Å². The van der Waals surface area contributed by atoms with E-state index in [1.54, 1.807) is 6.08 Å². The predicted octanol–water partition coefficient (Wildman–Crippen LogP) is 3.21. The average molecular weight is 216 g/mol. The molecule has 0 aromatic heterocycles. The molecule has 16 heavy (non-hydrogen) atoms. The Kier molecular flexibility index (Phi) is 5.71. The van der Waals surface area contributed by atoms with Crippen molar-refractivity contribution in [2.45, 2.75) is 13.3 Å². The molecule has 84 valence electrons. The van der Waals surface area contributed by atoms with Crippen LogP contribution in [0.2, 0.25) is 0 Å². The van der Waals surface area contributed by atoms with Crippen LogP contribution >= 0.6 is 0 Å². The molecule has 0 saturated carbocycles. The van der Waals surface area contributed by atoms with Crippen LogP contribution in [0.25, 0.3) is 6.08 Å². The zero-order valence-electron chi connectivity index (χ0n) is 9.43. The first kappa shape index (κ1) is 12.2. The van der Waals surface area contributed by atoms with Crippen LogP contribution in [0.4, 0.5) is 0 Å². The summed E-state index contributed by atoms with van der Waals surface area (Å²) >= 11 is 0. The number of allylic oxidation sites excluding steroid dienone is 1. The minimum Gasteiger partial charge on any atom is -0.461 e. The van der Waals surface area contributed by atoms with Crippen molar-refractivity contribution in [3.63, 3.8) is 0 Å². The lowest BCUT2D eigenvalue weighted by atomic mass is 10.2. The first-order valence-electron chi connectivity index (χ1n) is 5.31. The van der Waals surface area contributed by atoms with E-state index in [9.17, 15) is 4.79 Å². The van der Waals surface area contributed by atoms with E-state index in [0.717, 1.165) is 5.56 Å². The third-order valence-corrected chi connectivity index (χ3v) is 1.97. The van der Waals surface area contributed by atoms with Gasteiger partial charge in [0.2, 0.25) is 0 Å². The fourth-order valence-corrected chi connectivity index (χ4v) is 1.15. The van der Waals surface area contributed by atoms with Crippen LogP contribution in [-0.2, 0) is 9.53 Å². The first-order chi connectivity index (χ1) is 7.83. The molecule has 0 unspecified atom stereocenters. The molecule has 0 aliphatic rings. The molecule has 0 fully saturated rings. The van der Waals surface area contributed by atoms with Crippen LogP contribution in [0.5, 0.6) is 0 Å². The highest BCUT2D eigenvalue weighted by molar-refractivity contribution is 5.72. The Labute approximate surface area is 96.2 Å². The lowest BCUT2D eigenvalue weighted by molar-refractivity contribution is -0.141. The van der Waals surface area contributed by atoms with Gasteiger partial charge in [0.15, 0.2) is 0 Å². The van der Waals surface area contributed by atoms with E-state index >= 15 is 0 Å². The summed E-state index contributed by atoms with van der Waals surface area (Å²) in [5.41, 5.74) is 1.09. The molecule has 1 aromatic carbocycles. The van der Waals surface area contributed by atoms with Gasteiger partial charge in [0.25, 0.3) is 0 Å². The first-order valence-corrected chi connectivity index (χ1v) is 5.31. The number of ether oxygens (including phenoxy) is 1. The van der Waals surface area contributed by atoms with Gasteiger partial charge in [-0.25, -0.2) is 0 Å². The number of carbonyl (C=O) groups excluding carboxylic acids is 1. The van der Waals surface area contributed by atoms with Gasteiger partial charge < -0.3 is 4.74 Å². The van der Waals surface area contributed by atoms with Crippen molar-refractivity contribution in [2.75, 3.05) is 6.61 Å². The summed E-state index contributed by atoms with van der Waals surface area (Å²) in [7, 11) is 0. The number of benzene rings is 1. The number of hydrogen-bond donors (Lipinski definition) is 0. The van der Waals surface area contributed by atoms with Gasteiger partial charge in [-0.3, -0.25) is 4.79 Å². The van der Waals surface area contributed by atoms with E-state index in [4.69, 9.17) is 4.74 Å². The number of carbonyl (C=O) groups is 1. The van der Waals surface area contributed by atoms with Crippen molar-refractivity contribution in [3.8, 4) is 0 Å². The number of rotatable bonds is 5. The molecule has 0 spiro atoms. The van der Waals surface area contributed by atoms with E-state index in [2.05, 4.69) is 0 Å². The maximum atomic E-state index is 11.2. The van der Waals surface area contributed by atoms with Crippen LogP contribution in [0.15, 0.2) is 48.6 Å². The molecule has 0 aliphatic carbocycles. The molecule has 0 heterocycles. The van der Waals surface area contributed by atoms with E-state index in [-0.39, 0.29) is 5.97 Å². The zero-order valence-corrected chi connectivity index (χ0v) is 9.43. The molecule has 0 amide bonds. The maximum Gasteiger partial charge on any atom is 0.309 e. The second-order valence-corrected chi connectivity index (χ2v) is 3.27. The topological polar surface area (TPSA) is 26.3 Å². The Hall–Kier alpha value is -1.83. The molecule has 1 rings (SSSR count). The summed E-state index contributed by atoms with van der Waals surface area (Å²) in [5.74, 6) is -0.203. The quantitative estimate of drug-likeness (QED) is 0.558. The predicted molar refractivity (Wildman–Crippen MR) is 65.9 cm³/mol. The maximum absolute atomic E-state index is 11.2. The minimum absolute atomic E-state index is 0.203. The van der Waals surface area contributed by atoms with Crippen LogP contribution in [0, 0.1) is 0 Å². The van der Waals surface area contributed by atoms with Crippen LogP contribution in [0.1, 0.15) is 18.9 Å². The Bertz CT molecular complexity index is 364. The molecule has 0 aliphatic heterocycles. The van der Waals surface area contributed by atoms with Crippen molar-refractivity contribution in [2.24, 2.45) is 0 Å². The van der Waals surface area contributed by atoms with Crippen molar-refractivity contribution >= 4 is 12.0 Å². The molecule has 0 radical (unpaired) electrons. The molecular formula is C14H16O2. The van der Waals surface area contributed by atoms with Gasteiger partial charge in [-0.15, -0.1) is 0 Å². The van der Waals surface area contributed by atoms with Crippen molar-refractivity contribution in [3.05, 3.63) is 54.1 Å². The molecule has 0 bridgehead atoms. The summed E-state index contributed by atoms with van der Waals surface area (Å²) in [6.07, 6.45) is 7.70. The Morgan fingerprint density at radius 3 is 2.69 bits per heavy atom. The fourth-order valence-electron chi connectivity index (χ4n) is 1.15. The van der Waals surface area contributed by atoms with Gasteiger partial charge in [-0.05, 0) is 12.5 Å². The lowest BCUT2D eigenvalue weighted by Gasteiger charge is -1.97. The van der Waals surface area contributed by atoms with E-state index in [0.29, 0.717) is 13.0 Å². The van der Waals surface area contributed by atoms with Crippen LogP contribution in [0.3, 0.4) is 0 Å². The van der Waals surface area contributed by atoms with Crippen molar-refractivity contribution in [1.29, 1.82) is 0 Å². The van der Waals surface area contributed by atoms with Gasteiger partial charge in [-0.1, -0.05) is 54.6 Å². The largest absolute Gasteiger partial charge is 0.461 e. The van der Waals surface area contributed by atoms with Crippen molar-refractivity contribution < 1.29 is 9.53 Å². The van der Waals surface area contributed by atoms with Gasteiger partial charge >= 0.3 is 5.97 Å². The number of esters is 1. The molecule has 2 nitrogen and oxygen atoms in total. The third kappa shape index (κ3) is 5.15. The van der Waals surface area contributed by atoms with Crippen LogP contribution in [-0.4, -0.2) is 12.6 Å². The molecule has 0 N–H and O–H groups in total. The highest BCUT2D eigenvalue weighted by Gasteiger charge is 1.96. The standard InChI is InChI=1S/C14H16O2/c1-2-3-12-16-14(15)11-7-10-13-8-5-4-6-9-13/h2-10H,11-12H2,1H3/b3-2-,10-7+. The van der Waals surface area contributed by atoms with E-state index in [1.165, 1.54) is 0 Å². The third-order valence-electron chi connectivity index (χ3n) is 1.97. The van der Waals surface area contributed by atoms with Gasteiger partial charge in [0, 0.05) is 0 Å². The van der Waals surface area contributed by atoms with Crippen LogP contribution < -0.4 is 0 Å². The highest BCUT2D eigenvalue weighted by Crippen LogP contribution is 2.02. The SMILES string of the molecule is C/C=C\COC(=O)C/C=C/c1ccccc1. The Morgan fingerprint density at radius 1 is 1.25 bits per heavy atom. The summed E-state index contributed by atoms with van der Waals surface area (Å²) in [6, 6.07) is 9.86. The molecule has 2 heteroatoms. The highest BCUT2D eigenvalue weighted by atomic mass is 16.5. The minimum atomic E-state index is -0.203. The van der Waals surface area contributed by atoms with Crippen molar-refractivity contribution in [1.82, 2.24) is 0 Å². The molecule has 0 atom stereocenters. The fraction of sp³-hybridized carbons (Fsp3) is 0.214. The average Bonchev–Trinajstić information content (AvgIpc) is 2.31. The normalized spacial score (nSPS) is 11.1.